The van der Waals surface area contributed by atoms with Gasteiger partial charge < -0.3 is 14.3 Å². The quantitative estimate of drug-likeness (QED) is 0.560. The van der Waals surface area contributed by atoms with Gasteiger partial charge in [-0.2, -0.15) is 0 Å². The molecule has 0 atom stereocenters. The van der Waals surface area contributed by atoms with Gasteiger partial charge in [-0.3, -0.25) is 4.79 Å². The molecule has 0 unspecified atom stereocenters. The number of benzene rings is 2. The second-order valence-electron chi connectivity index (χ2n) is 4.72. The van der Waals surface area contributed by atoms with E-state index in [1.807, 2.05) is 0 Å². The molecule has 0 saturated heterocycles. The van der Waals surface area contributed by atoms with Crippen LogP contribution in [-0.2, 0) is 0 Å². The van der Waals surface area contributed by atoms with Crippen molar-refractivity contribution in [3.05, 3.63) is 54.5 Å². The maximum atomic E-state index is 12.4. The topological polar surface area (TPSA) is 59.7 Å². The van der Waals surface area contributed by atoms with E-state index < -0.39 is 0 Å². The van der Waals surface area contributed by atoms with E-state index in [0.29, 0.717) is 37.0 Å². The molecule has 118 valence electrons. The van der Waals surface area contributed by atoms with E-state index >= 15 is 0 Å². The predicted molar refractivity (Wildman–Crippen MR) is 96.5 cm³/mol. The average Bonchev–Trinajstić information content (AvgIpc) is 2.51. The van der Waals surface area contributed by atoms with Crippen LogP contribution >= 0.6 is 43.5 Å². The van der Waals surface area contributed by atoms with Crippen molar-refractivity contribution >= 4 is 54.4 Å². The van der Waals surface area contributed by atoms with Crippen LogP contribution in [0.1, 0.15) is 0 Å². The van der Waals surface area contributed by atoms with Crippen molar-refractivity contribution in [2.45, 2.75) is 0 Å². The van der Waals surface area contributed by atoms with Crippen molar-refractivity contribution < 1.29 is 14.3 Å². The van der Waals surface area contributed by atoms with E-state index in [-0.39, 0.29) is 16.2 Å². The fourth-order valence-corrected chi connectivity index (χ4v) is 3.90. The fourth-order valence-electron chi connectivity index (χ4n) is 2.19. The lowest BCUT2D eigenvalue weighted by atomic mass is 10.1. The molecule has 23 heavy (non-hydrogen) atoms. The highest BCUT2D eigenvalue weighted by molar-refractivity contribution is 9.11. The van der Waals surface area contributed by atoms with Gasteiger partial charge in [-0.05, 0) is 56.1 Å². The van der Waals surface area contributed by atoms with E-state index in [0.717, 1.165) is 0 Å². The van der Waals surface area contributed by atoms with E-state index in [4.69, 9.17) is 20.8 Å². The molecule has 0 aliphatic heterocycles. The number of halogens is 3. The van der Waals surface area contributed by atoms with Crippen LogP contribution in [0.15, 0.2) is 48.5 Å². The first-order chi connectivity index (χ1) is 10.9. The summed E-state index contributed by atoms with van der Waals surface area (Å²) in [4.78, 5) is 12.4. The summed E-state index contributed by atoms with van der Waals surface area (Å²) >= 11 is 12.7. The first kappa shape index (κ1) is 16.4. The third-order valence-electron chi connectivity index (χ3n) is 3.31. The zero-order valence-corrected chi connectivity index (χ0v) is 15.6. The number of methoxy groups -OCH3 is 1. The van der Waals surface area contributed by atoms with E-state index in [1.54, 1.807) is 12.1 Å². The number of fused-ring (bicyclic) bond motifs is 1. The summed E-state index contributed by atoms with van der Waals surface area (Å²) in [7, 11) is 1.53. The maximum absolute atomic E-state index is 12.4. The second kappa shape index (κ2) is 6.19. The Labute approximate surface area is 152 Å². The molecule has 0 amide bonds. The van der Waals surface area contributed by atoms with Gasteiger partial charge in [-0.25, -0.2) is 0 Å². The summed E-state index contributed by atoms with van der Waals surface area (Å²) in [6.07, 6.45) is 0. The molecule has 0 radical (unpaired) electrons. The maximum Gasteiger partial charge on any atom is 0.193 e. The number of hydrogen-bond acceptors (Lipinski definition) is 4. The van der Waals surface area contributed by atoms with Crippen LogP contribution in [0, 0.1) is 0 Å². The number of rotatable bonds is 2. The molecule has 1 heterocycles. The number of phenolic OH excluding ortho intramolecular Hbond substituents is 1. The molecule has 0 aliphatic rings. The lowest BCUT2D eigenvalue weighted by Crippen LogP contribution is -2.02. The summed E-state index contributed by atoms with van der Waals surface area (Å²) in [5.74, 6) is 0.835. The molecule has 0 spiro atoms. The van der Waals surface area contributed by atoms with Crippen LogP contribution in [0.5, 0.6) is 11.5 Å². The number of ether oxygens (including phenoxy) is 1. The standard InChI is InChI=1S/C16H9Br2ClO4/c1-22-16-9(17)5-8-12(21)6-13(23-15(8)14(16)18)7-2-3-11(20)10(19)4-7/h2-6,20H,1H3. The van der Waals surface area contributed by atoms with Crippen molar-refractivity contribution in [2.75, 3.05) is 7.11 Å². The highest BCUT2D eigenvalue weighted by Gasteiger charge is 2.16. The minimum absolute atomic E-state index is 0.0367. The highest BCUT2D eigenvalue weighted by atomic mass is 79.9. The molecule has 2 aromatic carbocycles. The summed E-state index contributed by atoms with van der Waals surface area (Å²) in [5.41, 5.74) is 0.756. The van der Waals surface area contributed by atoms with Crippen LogP contribution in [0.4, 0.5) is 0 Å². The minimum atomic E-state index is -0.200. The Morgan fingerprint density at radius 1 is 1.22 bits per heavy atom. The lowest BCUT2D eigenvalue weighted by Gasteiger charge is -2.10. The van der Waals surface area contributed by atoms with Gasteiger partial charge >= 0.3 is 0 Å². The van der Waals surface area contributed by atoms with E-state index in [2.05, 4.69) is 31.9 Å². The van der Waals surface area contributed by atoms with Gasteiger partial charge in [0.2, 0.25) is 0 Å². The van der Waals surface area contributed by atoms with Crippen LogP contribution < -0.4 is 10.2 Å². The van der Waals surface area contributed by atoms with E-state index in [9.17, 15) is 9.90 Å². The van der Waals surface area contributed by atoms with Gasteiger partial charge in [0.25, 0.3) is 0 Å². The molecule has 0 aliphatic carbocycles. The lowest BCUT2D eigenvalue weighted by molar-refractivity contribution is 0.409. The second-order valence-corrected chi connectivity index (χ2v) is 6.78. The Morgan fingerprint density at radius 2 is 1.96 bits per heavy atom. The first-order valence-corrected chi connectivity index (χ1v) is 8.37. The SMILES string of the molecule is COc1c(Br)cc2c(=O)cc(-c3ccc(O)c(Cl)c3)oc2c1Br. The van der Waals surface area contributed by atoms with Gasteiger partial charge in [-0.1, -0.05) is 11.6 Å². The zero-order chi connectivity index (χ0) is 16.7. The van der Waals surface area contributed by atoms with Crippen molar-refractivity contribution in [3.8, 4) is 22.8 Å². The number of hydrogen-bond donors (Lipinski definition) is 1. The van der Waals surface area contributed by atoms with Crippen molar-refractivity contribution in [2.24, 2.45) is 0 Å². The number of phenols is 1. The molecule has 3 aromatic rings. The molecule has 7 heteroatoms. The summed E-state index contributed by atoms with van der Waals surface area (Å²) in [6.45, 7) is 0. The monoisotopic (exact) mass is 458 g/mol. The highest BCUT2D eigenvalue weighted by Crippen LogP contribution is 2.40. The Bertz CT molecular complexity index is 982. The van der Waals surface area contributed by atoms with Crippen LogP contribution in [0.25, 0.3) is 22.3 Å². The van der Waals surface area contributed by atoms with Gasteiger partial charge in [0.05, 0.1) is 22.0 Å². The Morgan fingerprint density at radius 3 is 2.61 bits per heavy atom. The molecular weight excluding hydrogens is 451 g/mol. The van der Waals surface area contributed by atoms with Crippen molar-refractivity contribution in [1.29, 1.82) is 0 Å². The molecule has 0 fully saturated rings. The van der Waals surface area contributed by atoms with Crippen LogP contribution in [0.2, 0.25) is 5.02 Å². The molecule has 4 nitrogen and oxygen atoms in total. The Balaban J connectivity index is 2.32. The molecule has 3 rings (SSSR count). The molecule has 1 N–H and O–H groups in total. The summed E-state index contributed by atoms with van der Waals surface area (Å²) in [5, 5.41) is 10.1. The Kier molecular flexibility index (Phi) is 4.40. The van der Waals surface area contributed by atoms with Gasteiger partial charge in [0, 0.05) is 11.6 Å². The summed E-state index contributed by atoms with van der Waals surface area (Å²) in [6, 6.07) is 7.63. The largest absolute Gasteiger partial charge is 0.506 e. The van der Waals surface area contributed by atoms with Gasteiger partial charge in [0.1, 0.15) is 16.0 Å². The molecular formula is C16H9Br2ClO4. The van der Waals surface area contributed by atoms with E-state index in [1.165, 1.54) is 25.3 Å². The van der Waals surface area contributed by atoms with Crippen LogP contribution in [-0.4, -0.2) is 12.2 Å². The molecule has 1 aromatic heterocycles. The average molecular weight is 461 g/mol. The first-order valence-electron chi connectivity index (χ1n) is 6.41. The third kappa shape index (κ3) is 2.86. The van der Waals surface area contributed by atoms with Crippen LogP contribution in [0.3, 0.4) is 0 Å². The summed E-state index contributed by atoms with van der Waals surface area (Å²) < 4.78 is 12.3. The smallest absolute Gasteiger partial charge is 0.193 e. The fraction of sp³-hybridized carbons (Fsp3) is 0.0625. The Hall–Kier alpha value is -1.50. The van der Waals surface area contributed by atoms with Crippen molar-refractivity contribution in [3.63, 3.8) is 0 Å². The minimum Gasteiger partial charge on any atom is -0.506 e. The third-order valence-corrected chi connectivity index (χ3v) is 4.92. The molecule has 0 bridgehead atoms. The zero-order valence-electron chi connectivity index (χ0n) is 11.7. The number of aromatic hydroxyl groups is 1. The molecule has 0 saturated carbocycles. The normalized spacial score (nSPS) is 11.0. The van der Waals surface area contributed by atoms with Crippen molar-refractivity contribution in [1.82, 2.24) is 0 Å². The predicted octanol–water partition coefficient (Wildman–Crippen LogP) is 5.35. The van der Waals surface area contributed by atoms with Gasteiger partial charge in [-0.15, -0.1) is 0 Å². The van der Waals surface area contributed by atoms with Gasteiger partial charge in [0.15, 0.2) is 16.8 Å².